The fourth-order valence-corrected chi connectivity index (χ4v) is 1.28. The molecule has 0 aliphatic carbocycles. The predicted molar refractivity (Wildman–Crippen MR) is 68.8 cm³/mol. The molecule has 0 saturated heterocycles. The molecule has 0 rings (SSSR count). The smallest absolute Gasteiger partial charge is 0.341 e. The van der Waals surface area contributed by atoms with Crippen LogP contribution in [0.2, 0.25) is 0 Å². The van der Waals surface area contributed by atoms with Gasteiger partial charge in [-0.25, -0.2) is 4.79 Å². The average Bonchev–Trinajstić information content (AvgIpc) is 2.11. The monoisotopic (exact) mass is 254 g/mol. The van der Waals surface area contributed by atoms with Gasteiger partial charge in [0.25, 0.3) is 0 Å². The fraction of sp³-hybridized carbons (Fsp3) is 0.643. The molecular formula is C14H22O4. The van der Waals surface area contributed by atoms with Gasteiger partial charge in [0, 0.05) is 5.57 Å². The molecule has 0 bridgehead atoms. The average molecular weight is 254 g/mol. The number of carbonyl (C=O) groups is 3. The normalized spacial score (nSPS) is 13.1. The molecule has 0 aromatic carbocycles. The lowest BCUT2D eigenvalue weighted by molar-refractivity contribution is -0.157. The van der Waals surface area contributed by atoms with Gasteiger partial charge in [-0.1, -0.05) is 47.6 Å². The highest BCUT2D eigenvalue weighted by Gasteiger charge is 2.28. The minimum absolute atomic E-state index is 0.199. The summed E-state index contributed by atoms with van der Waals surface area (Å²) in [5.74, 6) is -1.50. The van der Waals surface area contributed by atoms with Crippen molar-refractivity contribution < 1.29 is 19.1 Å². The van der Waals surface area contributed by atoms with Gasteiger partial charge in [0.15, 0.2) is 0 Å². The van der Waals surface area contributed by atoms with E-state index in [0.29, 0.717) is 11.9 Å². The summed E-state index contributed by atoms with van der Waals surface area (Å²) >= 11 is 0. The molecule has 0 atom stereocenters. The fourth-order valence-electron chi connectivity index (χ4n) is 1.28. The highest BCUT2D eigenvalue weighted by Crippen LogP contribution is 2.30. The van der Waals surface area contributed by atoms with Crippen molar-refractivity contribution >= 4 is 18.2 Å². The van der Waals surface area contributed by atoms with E-state index in [2.05, 4.69) is 4.74 Å². The summed E-state index contributed by atoms with van der Waals surface area (Å²) in [7, 11) is 0. The topological polar surface area (TPSA) is 60.4 Å². The lowest BCUT2D eigenvalue weighted by Gasteiger charge is -2.24. The molecule has 4 nitrogen and oxygen atoms in total. The number of hydrogen-bond donors (Lipinski definition) is 0. The molecule has 18 heavy (non-hydrogen) atoms. The summed E-state index contributed by atoms with van der Waals surface area (Å²) in [5, 5.41) is 0. The zero-order valence-corrected chi connectivity index (χ0v) is 12.0. The standard InChI is InChI=1S/C14H22O4/c1-13(2,3)9-10(14(4,5)6)12(17)18-11(16)7-8-15/h8-9H,7H2,1-6H3. The van der Waals surface area contributed by atoms with Crippen LogP contribution in [0, 0.1) is 10.8 Å². The van der Waals surface area contributed by atoms with Crippen LogP contribution in [0.3, 0.4) is 0 Å². The molecule has 0 unspecified atom stereocenters. The second kappa shape index (κ2) is 5.94. The van der Waals surface area contributed by atoms with Crippen molar-refractivity contribution in [2.75, 3.05) is 0 Å². The van der Waals surface area contributed by atoms with Crippen molar-refractivity contribution in [2.45, 2.75) is 48.0 Å². The third-order valence-electron chi connectivity index (χ3n) is 2.06. The van der Waals surface area contributed by atoms with Crippen molar-refractivity contribution in [3.8, 4) is 0 Å². The zero-order chi connectivity index (χ0) is 14.6. The summed E-state index contributed by atoms with van der Waals surface area (Å²) in [6.07, 6.45) is 1.81. The lowest BCUT2D eigenvalue weighted by Crippen LogP contribution is -2.24. The summed E-state index contributed by atoms with van der Waals surface area (Å²) in [6.45, 7) is 11.5. The first-order valence-electron chi connectivity index (χ1n) is 5.89. The molecule has 102 valence electrons. The number of carbonyl (C=O) groups excluding carboxylic acids is 3. The summed E-state index contributed by atoms with van der Waals surface area (Å²) in [6, 6.07) is 0. The Morgan fingerprint density at radius 3 is 1.89 bits per heavy atom. The van der Waals surface area contributed by atoms with E-state index in [1.54, 1.807) is 6.08 Å². The van der Waals surface area contributed by atoms with Crippen LogP contribution in [0.15, 0.2) is 11.6 Å². The van der Waals surface area contributed by atoms with Gasteiger partial charge >= 0.3 is 11.9 Å². The molecule has 0 radical (unpaired) electrons. The van der Waals surface area contributed by atoms with Crippen LogP contribution >= 0.6 is 0 Å². The van der Waals surface area contributed by atoms with Gasteiger partial charge < -0.3 is 9.53 Å². The first kappa shape index (κ1) is 16.6. The molecular weight excluding hydrogens is 232 g/mol. The molecule has 0 saturated carbocycles. The lowest BCUT2D eigenvalue weighted by atomic mass is 9.81. The quantitative estimate of drug-likeness (QED) is 0.336. The second-order valence-corrected chi connectivity index (χ2v) is 6.31. The molecule has 0 fully saturated rings. The van der Waals surface area contributed by atoms with E-state index >= 15 is 0 Å². The molecule has 0 N–H and O–H groups in total. The van der Waals surface area contributed by atoms with E-state index in [1.807, 2.05) is 41.5 Å². The number of ether oxygens (including phenoxy) is 1. The SMILES string of the molecule is CC(C)(C)C=C(C(=O)OC(=O)CC=O)C(C)(C)C. The van der Waals surface area contributed by atoms with Gasteiger partial charge in [-0.2, -0.15) is 0 Å². The molecule has 0 aromatic rings. The summed E-state index contributed by atoms with van der Waals surface area (Å²) < 4.78 is 4.65. The van der Waals surface area contributed by atoms with Crippen molar-refractivity contribution in [2.24, 2.45) is 10.8 Å². The van der Waals surface area contributed by atoms with Crippen molar-refractivity contribution in [1.29, 1.82) is 0 Å². The van der Waals surface area contributed by atoms with Crippen LogP contribution < -0.4 is 0 Å². The maximum atomic E-state index is 11.9. The maximum absolute atomic E-state index is 11.9. The van der Waals surface area contributed by atoms with Crippen LogP contribution in [-0.2, 0) is 19.1 Å². The van der Waals surface area contributed by atoms with E-state index in [1.165, 1.54) is 0 Å². The van der Waals surface area contributed by atoms with E-state index in [0.717, 1.165) is 0 Å². The first-order chi connectivity index (χ1) is 7.97. The van der Waals surface area contributed by atoms with Gasteiger partial charge in [-0.3, -0.25) is 4.79 Å². The van der Waals surface area contributed by atoms with E-state index in [4.69, 9.17) is 0 Å². The second-order valence-electron chi connectivity index (χ2n) is 6.31. The minimum atomic E-state index is -0.820. The van der Waals surface area contributed by atoms with Crippen molar-refractivity contribution in [3.63, 3.8) is 0 Å². The Morgan fingerprint density at radius 2 is 1.56 bits per heavy atom. The minimum Gasteiger partial charge on any atom is -0.389 e. The van der Waals surface area contributed by atoms with E-state index in [9.17, 15) is 14.4 Å². The Labute approximate surface area is 108 Å². The number of rotatable bonds is 3. The van der Waals surface area contributed by atoms with Crippen LogP contribution in [0.1, 0.15) is 48.0 Å². The molecule has 0 heterocycles. The van der Waals surface area contributed by atoms with Crippen LogP contribution in [-0.4, -0.2) is 18.2 Å². The van der Waals surface area contributed by atoms with Gasteiger partial charge in [0.2, 0.25) is 0 Å². The Hall–Kier alpha value is -1.45. The molecule has 0 aliphatic heterocycles. The molecule has 0 aliphatic rings. The Balaban J connectivity index is 5.13. The Morgan fingerprint density at radius 1 is 1.06 bits per heavy atom. The van der Waals surface area contributed by atoms with Gasteiger partial charge in [0.05, 0.1) is 0 Å². The summed E-state index contributed by atoms with van der Waals surface area (Å²) in [4.78, 5) is 33.2. The van der Waals surface area contributed by atoms with Gasteiger partial charge in [0.1, 0.15) is 12.7 Å². The molecule has 0 aromatic heterocycles. The third kappa shape index (κ3) is 6.33. The number of hydrogen-bond acceptors (Lipinski definition) is 4. The van der Waals surface area contributed by atoms with Crippen molar-refractivity contribution in [3.05, 3.63) is 11.6 Å². The van der Waals surface area contributed by atoms with Gasteiger partial charge in [-0.05, 0) is 10.8 Å². The summed E-state index contributed by atoms with van der Waals surface area (Å²) in [5.41, 5.74) is -0.185. The van der Waals surface area contributed by atoms with Crippen LogP contribution in [0.5, 0.6) is 0 Å². The third-order valence-corrected chi connectivity index (χ3v) is 2.06. The zero-order valence-electron chi connectivity index (χ0n) is 12.0. The van der Waals surface area contributed by atoms with E-state index < -0.39 is 23.8 Å². The first-order valence-corrected chi connectivity index (χ1v) is 5.89. The Kier molecular flexibility index (Phi) is 5.46. The molecule has 4 heteroatoms. The van der Waals surface area contributed by atoms with Crippen LogP contribution in [0.25, 0.3) is 0 Å². The molecule has 0 spiro atoms. The highest BCUT2D eigenvalue weighted by atomic mass is 16.6. The van der Waals surface area contributed by atoms with Gasteiger partial charge in [-0.15, -0.1) is 0 Å². The van der Waals surface area contributed by atoms with Crippen molar-refractivity contribution in [1.82, 2.24) is 0 Å². The highest BCUT2D eigenvalue weighted by molar-refractivity contribution is 5.99. The maximum Gasteiger partial charge on any atom is 0.341 e. The number of esters is 2. The number of allylic oxidation sites excluding steroid dienone is 1. The largest absolute Gasteiger partial charge is 0.389 e. The number of aldehydes is 1. The van der Waals surface area contributed by atoms with Crippen LogP contribution in [0.4, 0.5) is 0 Å². The van der Waals surface area contributed by atoms with E-state index in [-0.39, 0.29) is 5.41 Å². The Bertz CT molecular complexity index is 364. The molecule has 0 amide bonds. The predicted octanol–water partition coefficient (Wildman–Crippen LogP) is 2.66.